The maximum Gasteiger partial charge on any atom is 0.117 e. The highest BCUT2D eigenvalue weighted by Crippen LogP contribution is 2.27. The van der Waals surface area contributed by atoms with E-state index in [2.05, 4.69) is 39.3 Å². The minimum absolute atomic E-state index is 0.792. The van der Waals surface area contributed by atoms with Crippen LogP contribution in [-0.2, 0) is 5.75 Å². The Bertz CT molecular complexity index is 740. The number of nitrogens with one attached hydrogen (secondary N) is 1. The summed E-state index contributed by atoms with van der Waals surface area (Å²) in [4.78, 5) is 13.1. The summed E-state index contributed by atoms with van der Waals surface area (Å²) in [5.74, 6) is 0.792. The van der Waals surface area contributed by atoms with Gasteiger partial charge in [0.15, 0.2) is 0 Å². The van der Waals surface area contributed by atoms with E-state index < -0.39 is 0 Å². The first kappa shape index (κ1) is 13.8. The van der Waals surface area contributed by atoms with Gasteiger partial charge in [-0.3, -0.25) is 4.98 Å². The molecule has 0 saturated heterocycles. The summed E-state index contributed by atoms with van der Waals surface area (Å²) in [6, 6.07) is 12.1. The van der Waals surface area contributed by atoms with E-state index in [0.717, 1.165) is 39.6 Å². The van der Waals surface area contributed by atoms with E-state index in [1.54, 1.807) is 18.1 Å². The average molecular weight is 296 g/mol. The molecule has 0 aliphatic heterocycles. The molecule has 0 bridgehead atoms. The van der Waals surface area contributed by atoms with Crippen molar-refractivity contribution < 1.29 is 0 Å². The molecule has 0 aliphatic rings. The molecule has 4 nitrogen and oxygen atoms in total. The Morgan fingerprint density at radius 3 is 2.90 bits per heavy atom. The maximum atomic E-state index is 4.41. The minimum Gasteiger partial charge on any atom is -0.385 e. The standard InChI is InChI=1S/C16H16N4S/c1-2-17-12-7-8-18-13(9-12)10-21-16-14-5-3-4-6-15(14)19-11-20-16/h3-9,11H,2,10H2,1H3,(H,17,18). The van der Waals surface area contributed by atoms with Gasteiger partial charge in [0.25, 0.3) is 0 Å². The van der Waals surface area contributed by atoms with E-state index in [1.165, 1.54) is 0 Å². The highest BCUT2D eigenvalue weighted by Gasteiger charge is 2.05. The molecule has 106 valence electrons. The van der Waals surface area contributed by atoms with Crippen LogP contribution in [0.3, 0.4) is 0 Å². The normalized spacial score (nSPS) is 10.7. The summed E-state index contributed by atoms with van der Waals surface area (Å²) in [5, 5.41) is 5.39. The molecular formula is C16H16N4S. The summed E-state index contributed by atoms with van der Waals surface area (Å²) in [6.07, 6.45) is 3.46. The SMILES string of the molecule is CCNc1ccnc(CSc2ncnc3ccccc23)c1. The second kappa shape index (κ2) is 6.54. The van der Waals surface area contributed by atoms with Crippen LogP contribution < -0.4 is 5.32 Å². The summed E-state index contributed by atoms with van der Waals surface area (Å²) in [5.41, 5.74) is 3.13. The van der Waals surface area contributed by atoms with Crippen LogP contribution in [0.5, 0.6) is 0 Å². The molecule has 0 saturated carbocycles. The Kier molecular flexibility index (Phi) is 4.31. The summed E-state index contributed by atoms with van der Waals surface area (Å²) in [7, 11) is 0. The molecule has 21 heavy (non-hydrogen) atoms. The van der Waals surface area contributed by atoms with Gasteiger partial charge >= 0.3 is 0 Å². The number of anilines is 1. The first-order valence-corrected chi connectivity index (χ1v) is 7.86. The predicted octanol–water partition coefficient (Wildman–Crippen LogP) is 3.75. The van der Waals surface area contributed by atoms with Crippen molar-refractivity contribution in [1.82, 2.24) is 15.0 Å². The van der Waals surface area contributed by atoms with Gasteiger partial charge < -0.3 is 5.32 Å². The van der Waals surface area contributed by atoms with Crippen molar-refractivity contribution in [2.24, 2.45) is 0 Å². The van der Waals surface area contributed by atoms with Crippen molar-refractivity contribution >= 4 is 28.4 Å². The number of fused-ring (bicyclic) bond motifs is 1. The quantitative estimate of drug-likeness (QED) is 0.574. The Hall–Kier alpha value is -2.14. The summed E-state index contributed by atoms with van der Waals surface area (Å²) in [6.45, 7) is 3.00. The fraction of sp³-hybridized carbons (Fsp3) is 0.188. The number of nitrogens with zero attached hydrogens (tertiary/aromatic N) is 3. The Balaban J connectivity index is 1.79. The van der Waals surface area contributed by atoms with Crippen molar-refractivity contribution in [3.8, 4) is 0 Å². The van der Waals surface area contributed by atoms with Gasteiger partial charge in [0, 0.05) is 29.6 Å². The third-order valence-electron chi connectivity index (χ3n) is 3.06. The molecular weight excluding hydrogens is 280 g/mol. The van der Waals surface area contributed by atoms with E-state index in [4.69, 9.17) is 0 Å². The molecule has 2 heterocycles. The van der Waals surface area contributed by atoms with E-state index in [-0.39, 0.29) is 0 Å². The van der Waals surface area contributed by atoms with Crippen molar-refractivity contribution in [2.75, 3.05) is 11.9 Å². The molecule has 0 unspecified atom stereocenters. The highest BCUT2D eigenvalue weighted by atomic mass is 32.2. The fourth-order valence-corrected chi connectivity index (χ4v) is 3.00. The maximum absolute atomic E-state index is 4.41. The van der Waals surface area contributed by atoms with E-state index in [9.17, 15) is 0 Å². The van der Waals surface area contributed by atoms with Crippen LogP contribution in [0.4, 0.5) is 5.69 Å². The number of aromatic nitrogens is 3. The zero-order chi connectivity index (χ0) is 14.5. The predicted molar refractivity (Wildman–Crippen MR) is 87.5 cm³/mol. The van der Waals surface area contributed by atoms with Crippen LogP contribution in [0.25, 0.3) is 10.9 Å². The molecule has 0 aliphatic carbocycles. The van der Waals surface area contributed by atoms with Crippen molar-refractivity contribution in [1.29, 1.82) is 0 Å². The molecule has 0 atom stereocenters. The molecule has 0 radical (unpaired) electrons. The topological polar surface area (TPSA) is 50.7 Å². The largest absolute Gasteiger partial charge is 0.385 e. The van der Waals surface area contributed by atoms with Gasteiger partial charge in [0.2, 0.25) is 0 Å². The summed E-state index contributed by atoms with van der Waals surface area (Å²) >= 11 is 1.69. The van der Waals surface area contributed by atoms with Gasteiger partial charge in [0.1, 0.15) is 11.4 Å². The average Bonchev–Trinajstić information content (AvgIpc) is 2.53. The number of thioether (sulfide) groups is 1. The van der Waals surface area contributed by atoms with Gasteiger partial charge in [-0.05, 0) is 25.1 Å². The van der Waals surface area contributed by atoms with E-state index in [0.29, 0.717) is 0 Å². The monoisotopic (exact) mass is 296 g/mol. The van der Waals surface area contributed by atoms with Crippen molar-refractivity contribution in [3.05, 3.63) is 54.6 Å². The zero-order valence-corrected chi connectivity index (χ0v) is 12.6. The number of pyridine rings is 1. The molecule has 1 aromatic carbocycles. The lowest BCUT2D eigenvalue weighted by Gasteiger charge is -2.06. The lowest BCUT2D eigenvalue weighted by molar-refractivity contribution is 1.09. The zero-order valence-electron chi connectivity index (χ0n) is 11.8. The molecule has 0 amide bonds. The Morgan fingerprint density at radius 2 is 2.00 bits per heavy atom. The Labute approximate surface area is 128 Å². The van der Waals surface area contributed by atoms with E-state index in [1.807, 2.05) is 30.5 Å². The molecule has 0 fully saturated rings. The van der Waals surface area contributed by atoms with Gasteiger partial charge in [-0.1, -0.05) is 30.0 Å². The van der Waals surface area contributed by atoms with Crippen LogP contribution in [-0.4, -0.2) is 21.5 Å². The first-order chi connectivity index (χ1) is 10.4. The molecule has 0 spiro atoms. The molecule has 3 aromatic rings. The third-order valence-corrected chi connectivity index (χ3v) is 4.10. The van der Waals surface area contributed by atoms with E-state index >= 15 is 0 Å². The van der Waals surface area contributed by atoms with Crippen LogP contribution in [0.1, 0.15) is 12.6 Å². The van der Waals surface area contributed by atoms with Crippen LogP contribution >= 0.6 is 11.8 Å². The first-order valence-electron chi connectivity index (χ1n) is 6.88. The number of hydrogen-bond acceptors (Lipinski definition) is 5. The second-order valence-corrected chi connectivity index (χ2v) is 5.51. The smallest absolute Gasteiger partial charge is 0.117 e. The lowest BCUT2D eigenvalue weighted by Crippen LogP contribution is -1.98. The molecule has 2 aromatic heterocycles. The van der Waals surface area contributed by atoms with Crippen molar-refractivity contribution in [2.45, 2.75) is 17.7 Å². The molecule has 3 rings (SSSR count). The molecule has 5 heteroatoms. The highest BCUT2D eigenvalue weighted by molar-refractivity contribution is 7.98. The van der Waals surface area contributed by atoms with Crippen LogP contribution in [0.2, 0.25) is 0 Å². The Morgan fingerprint density at radius 1 is 1.10 bits per heavy atom. The van der Waals surface area contributed by atoms with Gasteiger partial charge in [-0.2, -0.15) is 0 Å². The number of para-hydroxylation sites is 1. The third kappa shape index (κ3) is 3.31. The van der Waals surface area contributed by atoms with Crippen LogP contribution in [0, 0.1) is 0 Å². The van der Waals surface area contributed by atoms with Gasteiger partial charge in [-0.25, -0.2) is 9.97 Å². The number of hydrogen-bond donors (Lipinski definition) is 1. The fourth-order valence-electron chi connectivity index (χ4n) is 2.11. The molecule has 1 N–H and O–H groups in total. The summed E-state index contributed by atoms with van der Waals surface area (Å²) < 4.78 is 0. The van der Waals surface area contributed by atoms with Crippen molar-refractivity contribution in [3.63, 3.8) is 0 Å². The number of benzene rings is 1. The van der Waals surface area contributed by atoms with Gasteiger partial charge in [-0.15, -0.1) is 0 Å². The lowest BCUT2D eigenvalue weighted by atomic mass is 10.2. The van der Waals surface area contributed by atoms with Gasteiger partial charge in [0.05, 0.1) is 11.2 Å². The second-order valence-electron chi connectivity index (χ2n) is 4.55. The minimum atomic E-state index is 0.792. The van der Waals surface area contributed by atoms with Crippen LogP contribution in [0.15, 0.2) is 53.9 Å². The number of rotatable bonds is 5.